The van der Waals surface area contributed by atoms with Crippen LogP contribution in [0.3, 0.4) is 0 Å². The van der Waals surface area contributed by atoms with E-state index in [0.29, 0.717) is 30.1 Å². The Morgan fingerprint density at radius 3 is 3.00 bits per heavy atom. The van der Waals surface area contributed by atoms with Crippen LogP contribution in [-0.2, 0) is 6.54 Å². The van der Waals surface area contributed by atoms with E-state index in [4.69, 9.17) is 9.52 Å². The van der Waals surface area contributed by atoms with Gasteiger partial charge < -0.3 is 9.52 Å². The second kappa shape index (κ2) is 5.25. The Morgan fingerprint density at radius 2 is 2.29 bits per heavy atom. The molecule has 0 fully saturated rings. The van der Waals surface area contributed by atoms with Gasteiger partial charge in [-0.25, -0.2) is 9.37 Å². The first kappa shape index (κ1) is 12.0. The van der Waals surface area contributed by atoms with Gasteiger partial charge >= 0.3 is 0 Å². The fraction of sp³-hybridized carbons (Fsp3) is 0.417. The smallest absolute Gasteiger partial charge is 0.209 e. The molecule has 0 bridgehead atoms. The highest BCUT2D eigenvalue weighted by molar-refractivity contribution is 5.72. The molecule has 0 spiro atoms. The summed E-state index contributed by atoms with van der Waals surface area (Å²) in [5.41, 5.74) is 1.11. The highest BCUT2D eigenvalue weighted by Crippen LogP contribution is 2.17. The van der Waals surface area contributed by atoms with Crippen molar-refractivity contribution in [1.82, 2.24) is 9.88 Å². The molecule has 0 saturated heterocycles. The fourth-order valence-electron chi connectivity index (χ4n) is 1.70. The summed E-state index contributed by atoms with van der Waals surface area (Å²) in [6.45, 7) is 3.99. The van der Waals surface area contributed by atoms with E-state index in [9.17, 15) is 4.39 Å². The van der Waals surface area contributed by atoms with Crippen molar-refractivity contribution in [2.24, 2.45) is 0 Å². The summed E-state index contributed by atoms with van der Waals surface area (Å²) >= 11 is 0. The van der Waals surface area contributed by atoms with E-state index in [1.807, 2.05) is 11.8 Å². The molecule has 92 valence electrons. The molecule has 5 heteroatoms. The van der Waals surface area contributed by atoms with Gasteiger partial charge in [-0.3, -0.25) is 4.90 Å². The molecule has 2 rings (SSSR count). The summed E-state index contributed by atoms with van der Waals surface area (Å²) in [5.74, 6) is 0.212. The average molecular weight is 238 g/mol. The van der Waals surface area contributed by atoms with Gasteiger partial charge in [-0.1, -0.05) is 6.92 Å². The molecule has 1 N–H and O–H groups in total. The molecule has 1 aromatic carbocycles. The van der Waals surface area contributed by atoms with Crippen LogP contribution in [0.5, 0.6) is 0 Å². The number of oxazole rings is 1. The number of fused-ring (bicyclic) bond motifs is 1. The Bertz CT molecular complexity index is 498. The zero-order valence-electron chi connectivity index (χ0n) is 9.69. The van der Waals surface area contributed by atoms with Gasteiger partial charge in [0.1, 0.15) is 11.3 Å². The lowest BCUT2D eigenvalue weighted by Gasteiger charge is -2.16. The highest BCUT2D eigenvalue weighted by Gasteiger charge is 2.10. The molecule has 0 amide bonds. The summed E-state index contributed by atoms with van der Waals surface area (Å²) in [4.78, 5) is 6.27. The van der Waals surface area contributed by atoms with Gasteiger partial charge in [-0.05, 0) is 18.7 Å². The topological polar surface area (TPSA) is 49.5 Å². The van der Waals surface area contributed by atoms with Crippen molar-refractivity contribution in [1.29, 1.82) is 0 Å². The molecule has 0 aliphatic rings. The maximum Gasteiger partial charge on any atom is 0.209 e. The monoisotopic (exact) mass is 238 g/mol. The molecule has 0 atom stereocenters. The first-order valence-corrected chi connectivity index (χ1v) is 5.61. The van der Waals surface area contributed by atoms with Gasteiger partial charge in [0.25, 0.3) is 0 Å². The third-order valence-electron chi connectivity index (χ3n) is 2.62. The zero-order chi connectivity index (χ0) is 12.3. The van der Waals surface area contributed by atoms with E-state index in [1.165, 1.54) is 12.1 Å². The average Bonchev–Trinajstić information content (AvgIpc) is 2.69. The van der Waals surface area contributed by atoms with Gasteiger partial charge in [0, 0.05) is 12.6 Å². The molecule has 0 saturated carbocycles. The van der Waals surface area contributed by atoms with E-state index in [1.54, 1.807) is 6.07 Å². The molecule has 1 aromatic heterocycles. The summed E-state index contributed by atoms with van der Waals surface area (Å²) in [7, 11) is 0. The van der Waals surface area contributed by atoms with Crippen molar-refractivity contribution in [3.8, 4) is 0 Å². The minimum atomic E-state index is -0.331. The van der Waals surface area contributed by atoms with Crippen molar-refractivity contribution < 1.29 is 13.9 Å². The molecule has 2 aromatic rings. The van der Waals surface area contributed by atoms with Gasteiger partial charge in [-0.2, -0.15) is 0 Å². The van der Waals surface area contributed by atoms with Crippen LogP contribution in [0.4, 0.5) is 4.39 Å². The maximum atomic E-state index is 13.0. The van der Waals surface area contributed by atoms with Crippen molar-refractivity contribution >= 4 is 11.1 Å². The number of hydrogen-bond donors (Lipinski definition) is 1. The van der Waals surface area contributed by atoms with Crippen molar-refractivity contribution in [3.63, 3.8) is 0 Å². The minimum Gasteiger partial charge on any atom is -0.439 e. The SMILES string of the molecule is CCN(CCO)Cc1nc2ccc(F)cc2o1. The molecule has 4 nitrogen and oxygen atoms in total. The van der Waals surface area contributed by atoms with Gasteiger partial charge in [0.15, 0.2) is 5.58 Å². The predicted molar refractivity (Wildman–Crippen MR) is 62.0 cm³/mol. The fourth-order valence-corrected chi connectivity index (χ4v) is 1.70. The number of benzene rings is 1. The van der Waals surface area contributed by atoms with E-state index in [2.05, 4.69) is 4.98 Å². The van der Waals surface area contributed by atoms with Crippen molar-refractivity contribution in [3.05, 3.63) is 29.9 Å². The third kappa shape index (κ3) is 2.81. The minimum absolute atomic E-state index is 0.0999. The summed E-state index contributed by atoms with van der Waals surface area (Å²) in [6.07, 6.45) is 0. The van der Waals surface area contributed by atoms with Gasteiger partial charge in [0.05, 0.1) is 13.2 Å². The predicted octanol–water partition coefficient (Wildman–Crippen LogP) is 1.78. The third-order valence-corrected chi connectivity index (χ3v) is 2.62. The first-order chi connectivity index (χ1) is 8.22. The molecule has 0 unspecified atom stereocenters. The first-order valence-electron chi connectivity index (χ1n) is 5.61. The number of halogens is 1. The highest BCUT2D eigenvalue weighted by atomic mass is 19.1. The Balaban J connectivity index is 2.18. The van der Waals surface area contributed by atoms with Crippen LogP contribution >= 0.6 is 0 Å². The number of rotatable bonds is 5. The van der Waals surface area contributed by atoms with Crippen LogP contribution in [0.1, 0.15) is 12.8 Å². The van der Waals surface area contributed by atoms with E-state index in [-0.39, 0.29) is 12.4 Å². The van der Waals surface area contributed by atoms with Gasteiger partial charge in [0.2, 0.25) is 5.89 Å². The summed E-state index contributed by atoms with van der Waals surface area (Å²) in [6, 6.07) is 4.29. The molecule has 17 heavy (non-hydrogen) atoms. The lowest BCUT2D eigenvalue weighted by Crippen LogP contribution is -2.26. The zero-order valence-corrected chi connectivity index (χ0v) is 9.69. The molecule has 1 heterocycles. The van der Waals surface area contributed by atoms with Crippen LogP contribution in [0.15, 0.2) is 22.6 Å². The molecule has 0 aliphatic carbocycles. The van der Waals surface area contributed by atoms with Crippen LogP contribution in [0.25, 0.3) is 11.1 Å². The maximum absolute atomic E-state index is 13.0. The number of aliphatic hydroxyl groups is 1. The second-order valence-corrected chi connectivity index (χ2v) is 3.81. The van der Waals surface area contributed by atoms with Crippen LogP contribution < -0.4 is 0 Å². The Hall–Kier alpha value is -1.46. The summed E-state index contributed by atoms with van der Waals surface area (Å²) < 4.78 is 18.4. The lowest BCUT2D eigenvalue weighted by atomic mass is 10.3. The Labute approximate surface area is 98.7 Å². The number of nitrogens with zero attached hydrogens (tertiary/aromatic N) is 2. The van der Waals surface area contributed by atoms with E-state index >= 15 is 0 Å². The van der Waals surface area contributed by atoms with Crippen LogP contribution in [0.2, 0.25) is 0 Å². The van der Waals surface area contributed by atoms with E-state index < -0.39 is 0 Å². The van der Waals surface area contributed by atoms with Crippen LogP contribution in [-0.4, -0.2) is 34.7 Å². The largest absolute Gasteiger partial charge is 0.439 e. The normalized spacial score (nSPS) is 11.5. The van der Waals surface area contributed by atoms with Crippen molar-refractivity contribution in [2.45, 2.75) is 13.5 Å². The lowest BCUT2D eigenvalue weighted by molar-refractivity contribution is 0.186. The van der Waals surface area contributed by atoms with Crippen molar-refractivity contribution in [2.75, 3.05) is 19.7 Å². The molecule has 0 aliphatic heterocycles. The second-order valence-electron chi connectivity index (χ2n) is 3.81. The number of likely N-dealkylation sites (N-methyl/N-ethyl adjacent to an activating group) is 1. The number of aliphatic hydroxyl groups excluding tert-OH is 1. The standard InChI is InChI=1S/C12H15FN2O2/c1-2-15(5-6-16)8-12-14-10-4-3-9(13)7-11(10)17-12/h3-4,7,16H,2,5-6,8H2,1H3. The number of aromatic nitrogens is 1. The molecular weight excluding hydrogens is 223 g/mol. The van der Waals surface area contributed by atoms with E-state index in [0.717, 1.165) is 6.54 Å². The Kier molecular flexibility index (Phi) is 3.71. The Morgan fingerprint density at radius 1 is 1.47 bits per heavy atom. The quantitative estimate of drug-likeness (QED) is 0.862. The van der Waals surface area contributed by atoms with Crippen LogP contribution in [0, 0.1) is 5.82 Å². The molecular formula is C12H15FN2O2. The van der Waals surface area contributed by atoms with Gasteiger partial charge in [-0.15, -0.1) is 0 Å². The summed E-state index contributed by atoms with van der Waals surface area (Å²) in [5, 5.41) is 8.88. The molecule has 0 radical (unpaired) electrons. The number of hydrogen-bond acceptors (Lipinski definition) is 4.